The molecule has 0 bridgehead atoms. The highest BCUT2D eigenvalue weighted by Gasteiger charge is 2.61. The minimum absolute atomic E-state index is 0.0762. The Morgan fingerprint density at radius 2 is 0.983 bits per heavy atom. The second kappa shape index (κ2) is 17.2. The molecule has 334 valence electrons. The van der Waals surface area contributed by atoms with Crippen molar-refractivity contribution >= 4 is 46.5 Å². The van der Waals surface area contributed by atoms with Crippen LogP contribution in [0.1, 0.15) is 118 Å². The maximum Gasteiger partial charge on any atom is 0.311 e. The standard InChI is InChI=1S/C41H67IO16/c1-35(2,3)31(43)47-18-21-23(51-32(44)36(4,5)6)25(52-33(45)37(7,8)9)27(53-34(46)38(10,11)12)29(49-21)58-41(17,20-42)48-19-22-24-26(55-39(13,14)54-24)28-30(50-22)57-40(15,16)56-28/h21-30H,18-20H2,1-17H3/t21-,22-,23-,24+,25+,26+,27-,28-,29-,30-,41?/m1/s1. The molecule has 0 saturated carbocycles. The lowest BCUT2D eigenvalue weighted by Gasteiger charge is -2.47. The van der Waals surface area contributed by atoms with Gasteiger partial charge in [0.2, 0.25) is 6.29 Å². The summed E-state index contributed by atoms with van der Waals surface area (Å²) in [7, 11) is 0. The van der Waals surface area contributed by atoms with E-state index < -0.39 is 131 Å². The van der Waals surface area contributed by atoms with Crippen LogP contribution in [-0.4, -0.2) is 120 Å². The Balaban J connectivity index is 1.74. The summed E-state index contributed by atoms with van der Waals surface area (Å²) in [4.78, 5) is 54.1. The highest BCUT2D eigenvalue weighted by Crippen LogP contribution is 2.45. The second-order valence-electron chi connectivity index (χ2n) is 20.7. The zero-order chi connectivity index (χ0) is 44.2. The average Bonchev–Trinajstić information content (AvgIpc) is 3.56. The number of rotatable bonds is 11. The molecule has 0 amide bonds. The smallest absolute Gasteiger partial charge is 0.311 e. The molecule has 0 N–H and O–H groups in total. The average molecular weight is 943 g/mol. The molecule has 4 heterocycles. The van der Waals surface area contributed by atoms with Crippen LogP contribution in [0.25, 0.3) is 0 Å². The third-order valence-corrected chi connectivity index (χ3v) is 10.9. The fraction of sp³-hybridized carbons (Fsp3) is 0.902. The third kappa shape index (κ3) is 12.0. The van der Waals surface area contributed by atoms with Crippen LogP contribution in [0.5, 0.6) is 0 Å². The number of hydrogen-bond donors (Lipinski definition) is 0. The van der Waals surface area contributed by atoms with Gasteiger partial charge in [0, 0.05) is 0 Å². The fourth-order valence-corrected chi connectivity index (χ4v) is 6.62. The van der Waals surface area contributed by atoms with Crippen molar-refractivity contribution < 1.29 is 76.0 Å². The zero-order valence-electron chi connectivity index (χ0n) is 37.3. The second-order valence-corrected chi connectivity index (χ2v) is 21.4. The summed E-state index contributed by atoms with van der Waals surface area (Å²) in [5, 5.41) is 0. The van der Waals surface area contributed by atoms with Gasteiger partial charge in [0.1, 0.15) is 37.1 Å². The van der Waals surface area contributed by atoms with E-state index in [1.165, 1.54) is 0 Å². The summed E-state index contributed by atoms with van der Waals surface area (Å²) in [6.45, 7) is 28.3. The van der Waals surface area contributed by atoms with Crippen molar-refractivity contribution in [3.63, 3.8) is 0 Å². The van der Waals surface area contributed by atoms with Crippen LogP contribution in [-0.2, 0) is 76.0 Å². The largest absolute Gasteiger partial charge is 0.462 e. The van der Waals surface area contributed by atoms with E-state index >= 15 is 0 Å². The van der Waals surface area contributed by atoms with Crippen LogP contribution in [0.4, 0.5) is 0 Å². The van der Waals surface area contributed by atoms with Crippen LogP contribution in [0.2, 0.25) is 0 Å². The SMILES string of the molecule is CC1(C)O[C@H]2[C@@H](O1)[C@@H](COC(C)(CI)O[C@H]1O[C@H](COC(=O)C(C)(C)C)[C@@H](OC(=O)C(C)(C)C)[C@H](OC(=O)C(C)(C)C)[C@H]1OC(=O)C(C)(C)C)O[C@@H]1OC(C)(C)O[C@@H]12. The Hall–Kier alpha value is -1.71. The third-order valence-electron chi connectivity index (χ3n) is 9.56. The predicted molar refractivity (Wildman–Crippen MR) is 214 cm³/mol. The van der Waals surface area contributed by atoms with Crippen LogP contribution in [0.15, 0.2) is 0 Å². The van der Waals surface area contributed by atoms with Crippen molar-refractivity contribution in [2.75, 3.05) is 17.6 Å². The molecule has 58 heavy (non-hydrogen) atoms. The van der Waals surface area contributed by atoms with E-state index in [0.29, 0.717) is 0 Å². The number of esters is 4. The quantitative estimate of drug-likeness (QED) is 0.0803. The van der Waals surface area contributed by atoms with Crippen molar-refractivity contribution in [3.05, 3.63) is 0 Å². The molecule has 4 fully saturated rings. The molecule has 0 spiro atoms. The van der Waals surface area contributed by atoms with E-state index in [2.05, 4.69) is 22.6 Å². The van der Waals surface area contributed by atoms with E-state index in [1.807, 2.05) is 0 Å². The first-order valence-corrected chi connectivity index (χ1v) is 21.4. The number of halogens is 1. The Kier molecular flexibility index (Phi) is 14.5. The van der Waals surface area contributed by atoms with Gasteiger partial charge in [-0.1, -0.05) is 22.6 Å². The molecule has 0 radical (unpaired) electrons. The lowest BCUT2D eigenvalue weighted by atomic mass is 9.93. The molecule has 0 aromatic heterocycles. The first kappa shape index (κ1) is 49.0. The maximum absolute atomic E-state index is 13.7. The summed E-state index contributed by atoms with van der Waals surface area (Å²) >= 11 is 2.09. The Labute approximate surface area is 357 Å². The van der Waals surface area contributed by atoms with Gasteiger partial charge in [0.15, 0.2) is 42.0 Å². The summed E-state index contributed by atoms with van der Waals surface area (Å²) in [6.07, 6.45) is -10.3. The first-order valence-electron chi connectivity index (χ1n) is 19.9. The Morgan fingerprint density at radius 3 is 1.48 bits per heavy atom. The van der Waals surface area contributed by atoms with Gasteiger partial charge < -0.3 is 56.8 Å². The summed E-state index contributed by atoms with van der Waals surface area (Å²) in [5.41, 5.74) is -3.99. The van der Waals surface area contributed by atoms with Crippen LogP contribution in [0.3, 0.4) is 0 Å². The molecule has 4 rings (SSSR count). The molecule has 4 aliphatic heterocycles. The highest BCUT2D eigenvalue weighted by molar-refractivity contribution is 14.1. The number of carbonyl (C=O) groups excluding carboxylic acids is 4. The van der Waals surface area contributed by atoms with Gasteiger partial charge in [-0.25, -0.2) is 0 Å². The van der Waals surface area contributed by atoms with Crippen LogP contribution in [0, 0.1) is 21.7 Å². The molecule has 1 unspecified atom stereocenters. The molecule has 0 aromatic carbocycles. The van der Waals surface area contributed by atoms with Crippen molar-refractivity contribution in [2.45, 2.75) is 196 Å². The Bertz CT molecular complexity index is 1500. The van der Waals surface area contributed by atoms with E-state index in [9.17, 15) is 19.2 Å². The van der Waals surface area contributed by atoms with Gasteiger partial charge in [-0.05, 0) is 118 Å². The molecule has 17 heteroatoms. The highest BCUT2D eigenvalue weighted by atomic mass is 127. The number of fused-ring (bicyclic) bond motifs is 3. The predicted octanol–water partition coefficient (Wildman–Crippen LogP) is 5.76. The van der Waals surface area contributed by atoms with Crippen LogP contribution < -0.4 is 0 Å². The monoisotopic (exact) mass is 942 g/mol. The maximum atomic E-state index is 13.7. The van der Waals surface area contributed by atoms with Crippen LogP contribution >= 0.6 is 22.6 Å². The number of carbonyl (C=O) groups is 4. The van der Waals surface area contributed by atoms with Gasteiger partial charge >= 0.3 is 23.9 Å². The van der Waals surface area contributed by atoms with Crippen molar-refractivity contribution in [1.82, 2.24) is 0 Å². The molecule has 16 nitrogen and oxygen atoms in total. The van der Waals surface area contributed by atoms with E-state index in [-0.39, 0.29) is 11.0 Å². The lowest BCUT2D eigenvalue weighted by molar-refractivity contribution is -0.367. The number of alkyl halides is 1. The molecular formula is C41H67IO16. The number of hydrogen-bond acceptors (Lipinski definition) is 16. The topological polar surface area (TPSA) is 179 Å². The van der Waals surface area contributed by atoms with E-state index in [0.717, 1.165) is 0 Å². The molecule has 0 aromatic rings. The van der Waals surface area contributed by atoms with E-state index in [1.54, 1.807) is 118 Å². The fourth-order valence-electron chi connectivity index (χ4n) is 6.22. The van der Waals surface area contributed by atoms with Gasteiger partial charge in [0.05, 0.1) is 32.7 Å². The van der Waals surface area contributed by atoms with Crippen molar-refractivity contribution in [1.29, 1.82) is 0 Å². The number of ether oxygens (including phenoxy) is 12. The summed E-state index contributed by atoms with van der Waals surface area (Å²) < 4.78 is 75.1. The van der Waals surface area contributed by atoms with Gasteiger partial charge in [0.25, 0.3) is 0 Å². The normalized spacial score (nSPS) is 33.3. The van der Waals surface area contributed by atoms with Crippen molar-refractivity contribution in [2.24, 2.45) is 21.7 Å². The molecule has 11 atom stereocenters. The lowest BCUT2D eigenvalue weighted by Crippen LogP contribution is -2.65. The van der Waals surface area contributed by atoms with Gasteiger partial charge in [-0.2, -0.15) is 0 Å². The van der Waals surface area contributed by atoms with E-state index in [4.69, 9.17) is 56.8 Å². The minimum atomic E-state index is -1.52. The molecule has 4 saturated heterocycles. The van der Waals surface area contributed by atoms with Gasteiger partial charge in [-0.15, -0.1) is 0 Å². The summed E-state index contributed by atoms with van der Waals surface area (Å²) in [5.74, 6) is -5.95. The van der Waals surface area contributed by atoms with Crippen molar-refractivity contribution in [3.8, 4) is 0 Å². The van der Waals surface area contributed by atoms with Gasteiger partial charge in [-0.3, -0.25) is 19.2 Å². The first-order chi connectivity index (χ1) is 26.2. The molecule has 0 aliphatic carbocycles. The minimum Gasteiger partial charge on any atom is -0.462 e. The zero-order valence-corrected chi connectivity index (χ0v) is 39.5. The molecular weight excluding hydrogens is 875 g/mol. The molecule has 4 aliphatic rings. The Morgan fingerprint density at radius 1 is 0.534 bits per heavy atom. The summed E-state index contributed by atoms with van der Waals surface area (Å²) in [6, 6.07) is 0.